The van der Waals surface area contributed by atoms with E-state index in [1.165, 1.54) is 4.90 Å². The molecule has 1 amide bonds. The van der Waals surface area contributed by atoms with Crippen molar-refractivity contribution in [3.8, 4) is 0 Å². The molecule has 0 radical (unpaired) electrons. The topological polar surface area (TPSA) is 76.1 Å². The number of ether oxygens (including phenoxy) is 2. The van der Waals surface area contributed by atoms with E-state index >= 15 is 0 Å². The molecular weight excluding hydrogens is 262 g/mol. The van der Waals surface area contributed by atoms with Gasteiger partial charge in [0.15, 0.2) is 6.10 Å². The first-order chi connectivity index (χ1) is 9.03. The quantitative estimate of drug-likeness (QED) is 0.842. The van der Waals surface area contributed by atoms with Crippen LogP contribution in [0.4, 0.5) is 4.79 Å². The Kier molecular flexibility index (Phi) is 3.48. The molecule has 2 fully saturated rings. The van der Waals surface area contributed by atoms with Crippen LogP contribution in [0.3, 0.4) is 0 Å². The predicted octanol–water partition coefficient (Wildman–Crippen LogP) is 2.22. The number of carboxylic acids is 1. The molecule has 1 N–H and O–H groups in total. The van der Waals surface area contributed by atoms with E-state index in [0.717, 1.165) is 12.8 Å². The van der Waals surface area contributed by atoms with Gasteiger partial charge in [0.25, 0.3) is 0 Å². The molecule has 6 nitrogen and oxygen atoms in total. The van der Waals surface area contributed by atoms with E-state index in [9.17, 15) is 14.7 Å². The monoisotopic (exact) mass is 285 g/mol. The van der Waals surface area contributed by atoms with E-state index in [0.29, 0.717) is 0 Å². The summed E-state index contributed by atoms with van der Waals surface area (Å²) in [6.45, 7) is 8.77. The molecule has 0 aromatic rings. The molecule has 0 aromatic carbocycles. The van der Waals surface area contributed by atoms with E-state index in [1.807, 2.05) is 0 Å². The normalized spacial score (nSPS) is 29.4. The average Bonchev–Trinajstić information content (AvgIpc) is 2.99. The number of carbonyl (C=O) groups is 2. The minimum atomic E-state index is -1.03. The van der Waals surface area contributed by atoms with Crippen molar-refractivity contribution >= 4 is 12.1 Å². The van der Waals surface area contributed by atoms with Gasteiger partial charge in [0, 0.05) is 0 Å². The number of aliphatic carboxylic acids is 1. The summed E-state index contributed by atoms with van der Waals surface area (Å²) in [7, 11) is 0. The van der Waals surface area contributed by atoms with Crippen LogP contribution in [-0.2, 0) is 14.3 Å². The zero-order valence-electron chi connectivity index (χ0n) is 12.7. The van der Waals surface area contributed by atoms with Crippen molar-refractivity contribution in [3.05, 3.63) is 0 Å². The van der Waals surface area contributed by atoms with Crippen LogP contribution in [0.2, 0.25) is 0 Å². The molecule has 1 aliphatic heterocycles. The van der Waals surface area contributed by atoms with Gasteiger partial charge in [0.05, 0.1) is 6.04 Å². The van der Waals surface area contributed by atoms with Gasteiger partial charge >= 0.3 is 12.1 Å². The highest BCUT2D eigenvalue weighted by molar-refractivity contribution is 5.77. The van der Waals surface area contributed by atoms with Crippen molar-refractivity contribution in [3.63, 3.8) is 0 Å². The number of carbonyl (C=O) groups excluding carboxylic acids is 1. The number of carboxylic acid groups (broad SMARTS) is 1. The van der Waals surface area contributed by atoms with E-state index in [1.54, 1.807) is 34.6 Å². The molecule has 2 rings (SSSR count). The van der Waals surface area contributed by atoms with Crippen molar-refractivity contribution in [1.29, 1.82) is 0 Å². The van der Waals surface area contributed by atoms with Gasteiger partial charge in [-0.2, -0.15) is 0 Å². The first kappa shape index (κ1) is 15.1. The Bertz CT molecular complexity index is 422. The molecule has 114 valence electrons. The summed E-state index contributed by atoms with van der Waals surface area (Å²) in [5.74, 6) is -0.841. The standard InChI is InChI=1S/C14H23NO5/c1-13(2,3)20-12(18)15-9(8-6-7-8)10(11(16)17)19-14(15,4)5/h8-10H,6-7H2,1-5H3,(H,16,17)/t9-,10+/m0/s1. The third-order valence-electron chi connectivity index (χ3n) is 3.54. The molecule has 2 atom stereocenters. The Morgan fingerprint density at radius 1 is 1.30 bits per heavy atom. The van der Waals surface area contributed by atoms with Crippen LogP contribution in [0.25, 0.3) is 0 Å². The average molecular weight is 285 g/mol. The van der Waals surface area contributed by atoms with Crippen molar-refractivity contribution in [2.45, 2.75) is 70.9 Å². The van der Waals surface area contributed by atoms with E-state index in [2.05, 4.69) is 0 Å². The van der Waals surface area contributed by atoms with Gasteiger partial charge < -0.3 is 14.6 Å². The highest BCUT2D eigenvalue weighted by Crippen LogP contribution is 2.45. The van der Waals surface area contributed by atoms with Crippen LogP contribution in [-0.4, -0.2) is 45.5 Å². The Labute approximate surface area is 119 Å². The molecule has 2 aliphatic rings. The zero-order chi connectivity index (χ0) is 15.3. The Morgan fingerprint density at radius 3 is 2.25 bits per heavy atom. The minimum Gasteiger partial charge on any atom is -0.479 e. The first-order valence-electron chi connectivity index (χ1n) is 6.96. The largest absolute Gasteiger partial charge is 0.479 e. The summed E-state index contributed by atoms with van der Waals surface area (Å²) in [5.41, 5.74) is -1.60. The molecule has 6 heteroatoms. The van der Waals surface area contributed by atoms with Crippen LogP contribution in [0, 0.1) is 5.92 Å². The molecule has 0 unspecified atom stereocenters. The SMILES string of the molecule is CC(C)(C)OC(=O)N1[C@@H](C2CC2)[C@H](C(=O)O)OC1(C)C. The van der Waals surface area contributed by atoms with Crippen LogP contribution < -0.4 is 0 Å². The van der Waals surface area contributed by atoms with Crippen LogP contribution >= 0.6 is 0 Å². The third kappa shape index (κ3) is 2.90. The fourth-order valence-electron chi connectivity index (χ4n) is 2.68. The van der Waals surface area contributed by atoms with Gasteiger partial charge in [-0.15, -0.1) is 0 Å². The summed E-state index contributed by atoms with van der Waals surface area (Å²) >= 11 is 0. The number of hydrogen-bond donors (Lipinski definition) is 1. The summed E-state index contributed by atoms with van der Waals surface area (Å²) in [6, 6.07) is -0.447. The molecule has 20 heavy (non-hydrogen) atoms. The van der Waals surface area contributed by atoms with Gasteiger partial charge in [0.1, 0.15) is 11.3 Å². The van der Waals surface area contributed by atoms with Crippen molar-refractivity contribution < 1.29 is 24.2 Å². The fourth-order valence-corrected chi connectivity index (χ4v) is 2.68. The predicted molar refractivity (Wildman–Crippen MR) is 71.2 cm³/mol. The maximum absolute atomic E-state index is 12.4. The van der Waals surface area contributed by atoms with Gasteiger partial charge in [-0.25, -0.2) is 9.59 Å². The second-order valence-corrected chi connectivity index (χ2v) is 7.00. The number of amides is 1. The molecule has 1 aliphatic carbocycles. The molecule has 0 bridgehead atoms. The second kappa shape index (κ2) is 4.62. The minimum absolute atomic E-state index is 0.186. The second-order valence-electron chi connectivity index (χ2n) is 7.00. The lowest BCUT2D eigenvalue weighted by atomic mass is 10.1. The Morgan fingerprint density at radius 2 is 1.85 bits per heavy atom. The smallest absolute Gasteiger partial charge is 0.412 e. The molecule has 0 aromatic heterocycles. The summed E-state index contributed by atoms with van der Waals surface area (Å²) < 4.78 is 11.0. The van der Waals surface area contributed by atoms with Gasteiger partial charge in [0.2, 0.25) is 0 Å². The Hall–Kier alpha value is -1.30. The lowest BCUT2D eigenvalue weighted by Crippen LogP contribution is -2.51. The van der Waals surface area contributed by atoms with Crippen molar-refractivity contribution in [1.82, 2.24) is 4.90 Å². The van der Waals surface area contributed by atoms with E-state index < -0.39 is 35.5 Å². The van der Waals surface area contributed by atoms with E-state index in [4.69, 9.17) is 9.47 Å². The number of hydrogen-bond acceptors (Lipinski definition) is 4. The molecule has 0 spiro atoms. The number of rotatable bonds is 2. The summed E-state index contributed by atoms with van der Waals surface area (Å²) in [4.78, 5) is 25.3. The first-order valence-corrected chi connectivity index (χ1v) is 6.96. The molecule has 1 saturated heterocycles. The Balaban J connectivity index is 2.27. The van der Waals surface area contributed by atoms with Gasteiger partial charge in [-0.05, 0) is 53.4 Å². The lowest BCUT2D eigenvalue weighted by molar-refractivity contribution is -0.155. The summed E-state index contributed by atoms with van der Waals surface area (Å²) in [5, 5.41) is 9.32. The van der Waals surface area contributed by atoms with Crippen LogP contribution in [0.15, 0.2) is 0 Å². The fraction of sp³-hybridized carbons (Fsp3) is 0.857. The van der Waals surface area contributed by atoms with Crippen molar-refractivity contribution in [2.75, 3.05) is 0 Å². The zero-order valence-corrected chi connectivity index (χ0v) is 12.7. The van der Waals surface area contributed by atoms with Crippen molar-refractivity contribution in [2.24, 2.45) is 5.92 Å². The molecular formula is C14H23NO5. The third-order valence-corrected chi connectivity index (χ3v) is 3.54. The van der Waals surface area contributed by atoms with E-state index in [-0.39, 0.29) is 5.92 Å². The van der Waals surface area contributed by atoms with Crippen LogP contribution in [0.5, 0.6) is 0 Å². The van der Waals surface area contributed by atoms with Gasteiger partial charge in [-0.1, -0.05) is 0 Å². The maximum Gasteiger partial charge on any atom is 0.412 e. The number of nitrogens with zero attached hydrogens (tertiary/aromatic N) is 1. The van der Waals surface area contributed by atoms with Crippen LogP contribution in [0.1, 0.15) is 47.5 Å². The van der Waals surface area contributed by atoms with Gasteiger partial charge in [-0.3, -0.25) is 4.90 Å². The highest BCUT2D eigenvalue weighted by Gasteiger charge is 2.58. The highest BCUT2D eigenvalue weighted by atomic mass is 16.6. The lowest BCUT2D eigenvalue weighted by Gasteiger charge is -2.35. The summed E-state index contributed by atoms with van der Waals surface area (Å²) in [6.07, 6.45) is 0.355. The molecule has 1 heterocycles. The molecule has 1 saturated carbocycles. The maximum atomic E-state index is 12.4.